The second kappa shape index (κ2) is 9.04. The maximum Gasteiger partial charge on any atom is 0.261 e. The zero-order chi connectivity index (χ0) is 19.0. The standard InChI is InChI=1S/C18H16ClN3O3S/c19-15-8-9-17(22-26(24,25)16-5-2-1-3-6-16)14(13-15)7-10-18(23)21-12-4-11-20/h1-3,5-10,13,22H,4,12H2,(H,21,23). The van der Waals surface area contributed by atoms with Crippen LogP contribution in [0.1, 0.15) is 12.0 Å². The summed E-state index contributed by atoms with van der Waals surface area (Å²) in [5, 5.41) is 11.4. The fourth-order valence-electron chi connectivity index (χ4n) is 2.03. The molecule has 0 saturated carbocycles. The maximum atomic E-state index is 12.5. The lowest BCUT2D eigenvalue weighted by molar-refractivity contribution is -0.116. The van der Waals surface area contributed by atoms with Crippen LogP contribution in [0.3, 0.4) is 0 Å². The number of carbonyl (C=O) groups excluding carboxylic acids is 1. The highest BCUT2D eigenvalue weighted by Gasteiger charge is 2.15. The summed E-state index contributed by atoms with van der Waals surface area (Å²) in [4.78, 5) is 11.8. The predicted molar refractivity (Wildman–Crippen MR) is 101 cm³/mol. The SMILES string of the molecule is N#CCCNC(=O)C=Cc1cc(Cl)ccc1NS(=O)(=O)c1ccccc1. The van der Waals surface area contributed by atoms with E-state index < -0.39 is 15.9 Å². The molecule has 6 nitrogen and oxygen atoms in total. The van der Waals surface area contributed by atoms with Crippen LogP contribution in [0.5, 0.6) is 0 Å². The van der Waals surface area contributed by atoms with E-state index in [9.17, 15) is 13.2 Å². The molecule has 0 aromatic heterocycles. The highest BCUT2D eigenvalue weighted by Crippen LogP contribution is 2.24. The van der Waals surface area contributed by atoms with Gasteiger partial charge in [0.2, 0.25) is 5.91 Å². The van der Waals surface area contributed by atoms with Crippen LogP contribution in [0.2, 0.25) is 5.02 Å². The molecule has 26 heavy (non-hydrogen) atoms. The minimum absolute atomic E-state index is 0.124. The Kier molecular flexibility index (Phi) is 6.78. The summed E-state index contributed by atoms with van der Waals surface area (Å²) in [7, 11) is -3.77. The van der Waals surface area contributed by atoms with E-state index in [1.165, 1.54) is 30.4 Å². The van der Waals surface area contributed by atoms with Crippen molar-refractivity contribution in [1.82, 2.24) is 5.32 Å². The number of amides is 1. The third-order valence-corrected chi connectivity index (χ3v) is 4.88. The summed E-state index contributed by atoms with van der Waals surface area (Å²) in [6.07, 6.45) is 2.92. The minimum atomic E-state index is -3.77. The Labute approximate surface area is 157 Å². The van der Waals surface area contributed by atoms with E-state index in [2.05, 4.69) is 10.0 Å². The summed E-state index contributed by atoms with van der Waals surface area (Å²) in [5.41, 5.74) is 0.728. The van der Waals surface area contributed by atoms with Crippen molar-refractivity contribution in [3.8, 4) is 6.07 Å². The Morgan fingerprint density at radius 3 is 2.62 bits per heavy atom. The van der Waals surface area contributed by atoms with Gasteiger partial charge in [0, 0.05) is 23.2 Å². The van der Waals surface area contributed by atoms with Gasteiger partial charge in [0.05, 0.1) is 23.1 Å². The van der Waals surface area contributed by atoms with Crippen molar-refractivity contribution in [2.24, 2.45) is 0 Å². The van der Waals surface area contributed by atoms with Crippen LogP contribution in [-0.2, 0) is 14.8 Å². The number of anilines is 1. The van der Waals surface area contributed by atoms with Gasteiger partial charge in [-0.05, 0) is 36.4 Å². The van der Waals surface area contributed by atoms with E-state index in [1.54, 1.807) is 30.3 Å². The summed E-state index contributed by atoms with van der Waals surface area (Å²) in [6, 6.07) is 14.5. The Balaban J connectivity index is 2.23. The third-order valence-electron chi connectivity index (χ3n) is 3.26. The van der Waals surface area contributed by atoms with Crippen molar-refractivity contribution in [3.63, 3.8) is 0 Å². The van der Waals surface area contributed by atoms with Crippen LogP contribution in [0.4, 0.5) is 5.69 Å². The third kappa shape index (κ3) is 5.62. The average Bonchev–Trinajstić information content (AvgIpc) is 2.63. The van der Waals surface area contributed by atoms with Crippen molar-refractivity contribution in [1.29, 1.82) is 5.26 Å². The molecule has 0 spiro atoms. The highest BCUT2D eigenvalue weighted by atomic mass is 35.5. The molecule has 0 atom stereocenters. The Hall–Kier alpha value is -2.82. The number of hydrogen-bond donors (Lipinski definition) is 2. The van der Waals surface area contributed by atoms with Gasteiger partial charge in [-0.25, -0.2) is 8.42 Å². The molecular weight excluding hydrogens is 374 g/mol. The Morgan fingerprint density at radius 2 is 1.92 bits per heavy atom. The van der Waals surface area contributed by atoms with E-state index in [0.29, 0.717) is 16.3 Å². The largest absolute Gasteiger partial charge is 0.352 e. The lowest BCUT2D eigenvalue weighted by atomic mass is 10.1. The number of sulfonamides is 1. The molecule has 0 aliphatic rings. The zero-order valence-corrected chi connectivity index (χ0v) is 15.2. The van der Waals surface area contributed by atoms with Gasteiger partial charge in [0.15, 0.2) is 0 Å². The average molecular weight is 390 g/mol. The van der Waals surface area contributed by atoms with Crippen LogP contribution in [0, 0.1) is 11.3 Å². The number of carbonyl (C=O) groups is 1. The van der Waals surface area contributed by atoms with Gasteiger partial charge in [0.25, 0.3) is 10.0 Å². The van der Waals surface area contributed by atoms with Gasteiger partial charge < -0.3 is 5.32 Å². The molecule has 2 rings (SSSR count). The molecule has 0 heterocycles. The number of halogens is 1. The molecule has 134 valence electrons. The van der Waals surface area contributed by atoms with Gasteiger partial charge in [0.1, 0.15) is 0 Å². The molecule has 2 N–H and O–H groups in total. The fourth-order valence-corrected chi connectivity index (χ4v) is 3.32. The predicted octanol–water partition coefficient (Wildman–Crippen LogP) is 3.18. The number of nitriles is 1. The Morgan fingerprint density at radius 1 is 1.19 bits per heavy atom. The summed E-state index contributed by atoms with van der Waals surface area (Å²) in [5.74, 6) is -0.392. The molecule has 0 unspecified atom stereocenters. The van der Waals surface area contributed by atoms with Gasteiger partial charge in [-0.3, -0.25) is 9.52 Å². The second-order valence-corrected chi connectivity index (χ2v) is 7.30. The van der Waals surface area contributed by atoms with E-state index in [-0.39, 0.29) is 17.9 Å². The molecule has 0 radical (unpaired) electrons. The molecule has 1 amide bonds. The molecule has 8 heteroatoms. The van der Waals surface area contributed by atoms with Crippen LogP contribution in [0.15, 0.2) is 59.5 Å². The number of nitrogens with one attached hydrogen (secondary N) is 2. The van der Waals surface area contributed by atoms with Gasteiger partial charge in [-0.15, -0.1) is 0 Å². The van der Waals surface area contributed by atoms with Crippen molar-refractivity contribution in [2.75, 3.05) is 11.3 Å². The van der Waals surface area contributed by atoms with Gasteiger partial charge in [-0.2, -0.15) is 5.26 Å². The van der Waals surface area contributed by atoms with Crippen molar-refractivity contribution in [2.45, 2.75) is 11.3 Å². The van der Waals surface area contributed by atoms with Gasteiger partial charge in [-0.1, -0.05) is 29.8 Å². The van der Waals surface area contributed by atoms with Crippen molar-refractivity contribution in [3.05, 3.63) is 65.2 Å². The topological polar surface area (TPSA) is 99.1 Å². The van der Waals surface area contributed by atoms with E-state index in [0.717, 1.165) is 0 Å². The van der Waals surface area contributed by atoms with Crippen LogP contribution in [-0.4, -0.2) is 20.9 Å². The monoisotopic (exact) mass is 389 g/mol. The van der Waals surface area contributed by atoms with Crippen molar-refractivity contribution < 1.29 is 13.2 Å². The summed E-state index contributed by atoms with van der Waals surface area (Å²) in [6.45, 7) is 0.239. The second-order valence-electron chi connectivity index (χ2n) is 5.18. The molecular formula is C18H16ClN3O3S. The lowest BCUT2D eigenvalue weighted by Gasteiger charge is -2.11. The molecule has 0 aliphatic carbocycles. The van der Waals surface area contributed by atoms with E-state index in [1.807, 2.05) is 6.07 Å². The Bertz CT molecular complexity index is 951. The van der Waals surface area contributed by atoms with E-state index in [4.69, 9.17) is 16.9 Å². The molecule has 0 saturated heterocycles. The van der Waals surface area contributed by atoms with Crippen molar-refractivity contribution >= 4 is 39.3 Å². The number of rotatable bonds is 7. The molecule has 2 aromatic carbocycles. The normalized spacial score (nSPS) is 11.1. The van der Waals surface area contributed by atoms with Crippen LogP contribution in [0.25, 0.3) is 6.08 Å². The highest BCUT2D eigenvalue weighted by molar-refractivity contribution is 7.92. The first-order valence-corrected chi connectivity index (χ1v) is 9.49. The minimum Gasteiger partial charge on any atom is -0.352 e. The fraction of sp³-hybridized carbons (Fsp3) is 0.111. The molecule has 0 fully saturated rings. The van der Waals surface area contributed by atoms with Crippen LogP contribution < -0.4 is 10.0 Å². The number of hydrogen-bond acceptors (Lipinski definition) is 4. The molecule has 2 aromatic rings. The summed E-state index contributed by atoms with van der Waals surface area (Å²) >= 11 is 5.98. The maximum absolute atomic E-state index is 12.5. The first-order valence-electron chi connectivity index (χ1n) is 7.62. The van der Waals surface area contributed by atoms with Gasteiger partial charge >= 0.3 is 0 Å². The van der Waals surface area contributed by atoms with Crippen LogP contribution >= 0.6 is 11.6 Å². The first kappa shape index (κ1) is 19.5. The zero-order valence-electron chi connectivity index (χ0n) is 13.6. The molecule has 0 bridgehead atoms. The lowest BCUT2D eigenvalue weighted by Crippen LogP contribution is -2.21. The van der Waals surface area contributed by atoms with E-state index >= 15 is 0 Å². The number of benzene rings is 2. The first-order chi connectivity index (χ1) is 12.4. The summed E-state index contributed by atoms with van der Waals surface area (Å²) < 4.78 is 27.4. The number of nitrogens with zero attached hydrogens (tertiary/aromatic N) is 1. The molecule has 0 aliphatic heterocycles. The smallest absolute Gasteiger partial charge is 0.261 e. The quantitative estimate of drug-likeness (QED) is 0.561.